The molecule has 0 N–H and O–H groups in total. The van der Waals surface area contributed by atoms with Gasteiger partial charge in [0.15, 0.2) is 0 Å². The van der Waals surface area contributed by atoms with E-state index in [1.54, 1.807) is 18.2 Å². The van der Waals surface area contributed by atoms with Crippen molar-refractivity contribution in [3.05, 3.63) is 59.0 Å². The summed E-state index contributed by atoms with van der Waals surface area (Å²) in [5.41, 5.74) is -0.197. The van der Waals surface area contributed by atoms with Crippen LogP contribution in [0.25, 0.3) is 32.7 Å². The number of carbonyl (C=O) groups is 2. The lowest BCUT2D eigenvalue weighted by Gasteiger charge is -2.15. The summed E-state index contributed by atoms with van der Waals surface area (Å²) in [7, 11) is 0. The van der Waals surface area contributed by atoms with Gasteiger partial charge in [-0.1, -0.05) is 109 Å². The number of nitrogens with zero attached hydrogens (tertiary/aromatic N) is 2. The highest BCUT2D eigenvalue weighted by molar-refractivity contribution is 6.21. The van der Waals surface area contributed by atoms with Crippen LogP contribution in [0.2, 0.25) is 0 Å². The van der Waals surface area contributed by atoms with Crippen LogP contribution >= 0.6 is 0 Å². The average Bonchev–Trinajstić information content (AvgIpc) is 3.01. The van der Waals surface area contributed by atoms with E-state index in [0.29, 0.717) is 21.2 Å². The molecule has 2 unspecified atom stereocenters. The van der Waals surface area contributed by atoms with Crippen molar-refractivity contribution in [3.8, 4) is 12.1 Å². The van der Waals surface area contributed by atoms with E-state index in [2.05, 4.69) is 39.8 Å². The second kappa shape index (κ2) is 16.3. The van der Waals surface area contributed by atoms with Crippen LogP contribution in [0, 0.1) is 34.5 Å². The van der Waals surface area contributed by atoms with Crippen molar-refractivity contribution in [2.24, 2.45) is 11.8 Å². The van der Waals surface area contributed by atoms with Gasteiger partial charge in [-0.15, -0.1) is 0 Å². The third-order valence-corrected chi connectivity index (χ3v) is 8.04. The van der Waals surface area contributed by atoms with Gasteiger partial charge in [0, 0.05) is 10.4 Å². The summed E-state index contributed by atoms with van der Waals surface area (Å²) in [5, 5.41) is 23.8. The smallest absolute Gasteiger partial charge is 0.349 e. The molecule has 0 fully saturated rings. The number of nitriles is 2. The lowest BCUT2D eigenvalue weighted by atomic mass is 9.95. The van der Waals surface area contributed by atoms with Crippen molar-refractivity contribution in [2.75, 3.05) is 13.2 Å². The molecule has 0 aromatic heterocycles. The normalized spacial score (nSPS) is 14.0. The Morgan fingerprint density at radius 2 is 1.26 bits per heavy atom. The Hall–Kier alpha value is -4.16. The Kier molecular flexibility index (Phi) is 12.6. The highest BCUT2D eigenvalue weighted by Gasteiger charge is 2.20. The van der Waals surface area contributed by atoms with Gasteiger partial charge in [0.25, 0.3) is 0 Å². The van der Waals surface area contributed by atoms with E-state index >= 15 is 0 Å². The van der Waals surface area contributed by atoms with E-state index in [4.69, 9.17) is 9.47 Å². The molecule has 220 valence electrons. The number of hydrogen-bond donors (Lipinski definition) is 0. The maximum absolute atomic E-state index is 13.4. The average molecular weight is 567 g/mol. The van der Waals surface area contributed by atoms with Crippen molar-refractivity contribution in [1.82, 2.24) is 0 Å². The Labute approximate surface area is 249 Å². The van der Waals surface area contributed by atoms with E-state index in [1.165, 1.54) is 0 Å². The molecule has 0 amide bonds. The fourth-order valence-electron chi connectivity index (χ4n) is 5.32. The van der Waals surface area contributed by atoms with Crippen LogP contribution in [0.1, 0.15) is 79.1 Å². The van der Waals surface area contributed by atoms with Crippen LogP contribution in [-0.2, 0) is 19.1 Å². The van der Waals surface area contributed by atoms with Crippen LogP contribution in [0.4, 0.5) is 0 Å². The molecule has 0 aliphatic rings. The molecule has 3 aromatic rings. The molecule has 0 saturated carbocycles. The van der Waals surface area contributed by atoms with Gasteiger partial charge in [-0.05, 0) is 52.3 Å². The molecule has 2 atom stereocenters. The molecule has 3 aromatic carbocycles. The second-order valence-corrected chi connectivity index (χ2v) is 10.9. The fourth-order valence-corrected chi connectivity index (χ4v) is 5.32. The molecular formula is C36H42N2O4. The zero-order valence-corrected chi connectivity index (χ0v) is 25.4. The zero-order valence-electron chi connectivity index (χ0n) is 25.4. The summed E-state index contributed by atoms with van der Waals surface area (Å²) in [4.78, 5) is 26.6. The summed E-state index contributed by atoms with van der Waals surface area (Å²) in [6, 6.07) is 18.8. The molecule has 0 radical (unpaired) electrons. The van der Waals surface area contributed by atoms with Crippen molar-refractivity contribution in [3.63, 3.8) is 0 Å². The van der Waals surface area contributed by atoms with Gasteiger partial charge in [0.1, 0.15) is 23.3 Å². The third kappa shape index (κ3) is 7.77. The van der Waals surface area contributed by atoms with E-state index in [-0.39, 0.29) is 36.2 Å². The van der Waals surface area contributed by atoms with Crippen LogP contribution in [0.3, 0.4) is 0 Å². The first-order chi connectivity index (χ1) is 20.4. The minimum Gasteiger partial charge on any atom is -0.461 e. The topological polar surface area (TPSA) is 100 Å². The monoisotopic (exact) mass is 566 g/mol. The van der Waals surface area contributed by atoms with Crippen molar-refractivity contribution in [2.45, 2.75) is 79.1 Å². The van der Waals surface area contributed by atoms with Crippen molar-refractivity contribution >= 4 is 44.6 Å². The number of esters is 2. The van der Waals surface area contributed by atoms with E-state index in [9.17, 15) is 20.1 Å². The van der Waals surface area contributed by atoms with Crippen LogP contribution in [0.15, 0.2) is 48.5 Å². The van der Waals surface area contributed by atoms with Gasteiger partial charge in [-0.25, -0.2) is 9.59 Å². The fraction of sp³-hybridized carbons (Fsp3) is 0.444. The number of unbranched alkanes of at least 4 members (excludes halogenated alkanes) is 2. The second-order valence-electron chi connectivity index (χ2n) is 10.9. The molecule has 3 rings (SSSR count). The highest BCUT2D eigenvalue weighted by atomic mass is 16.5. The lowest BCUT2D eigenvalue weighted by molar-refractivity contribution is -0.138. The number of ether oxygens (including phenoxy) is 2. The van der Waals surface area contributed by atoms with E-state index < -0.39 is 11.9 Å². The summed E-state index contributed by atoms with van der Waals surface area (Å²) in [6.07, 6.45) is 7.95. The number of benzene rings is 3. The molecular weight excluding hydrogens is 524 g/mol. The Balaban J connectivity index is 2.19. The number of rotatable bonds is 14. The molecule has 0 heterocycles. The molecule has 0 spiro atoms. The van der Waals surface area contributed by atoms with Crippen LogP contribution < -0.4 is 10.4 Å². The van der Waals surface area contributed by atoms with Crippen molar-refractivity contribution in [1.29, 1.82) is 10.5 Å². The summed E-state index contributed by atoms with van der Waals surface area (Å²) in [6.45, 7) is 8.92. The maximum Gasteiger partial charge on any atom is 0.349 e. The predicted molar refractivity (Wildman–Crippen MR) is 167 cm³/mol. The van der Waals surface area contributed by atoms with Crippen LogP contribution in [0.5, 0.6) is 0 Å². The zero-order chi connectivity index (χ0) is 30.5. The standard InChI is InChI=1S/C36H42N2O4/c1-5-9-14-25(7-3)23-41-35(39)32(21-37)29-18-13-19-30-31(29)20-27-16-11-12-17-28(27)34(30)33(22-38)36(40)42-24-26(8-4)15-10-6-2/h11-13,16-20,25-26H,5-10,14-15,23-24H2,1-4H3/b32-29+,34-33+. The SMILES string of the molecule is CCCCC(CC)COC(=O)/C(C#N)=c1\cccc2/c(=C(\C#N)C(=O)OCC(CC)CCCC)c3ccccc3cc12. The van der Waals surface area contributed by atoms with E-state index in [0.717, 1.165) is 62.1 Å². The van der Waals surface area contributed by atoms with Gasteiger partial charge in [0.05, 0.1) is 13.2 Å². The third-order valence-electron chi connectivity index (χ3n) is 8.04. The Morgan fingerprint density at radius 1 is 0.714 bits per heavy atom. The van der Waals surface area contributed by atoms with Gasteiger partial charge in [0.2, 0.25) is 0 Å². The number of carbonyl (C=O) groups excluding carboxylic acids is 2. The first kappa shape index (κ1) is 32.4. The molecule has 0 aliphatic carbocycles. The quantitative estimate of drug-likeness (QED) is 0.156. The van der Waals surface area contributed by atoms with E-state index in [1.807, 2.05) is 30.3 Å². The van der Waals surface area contributed by atoms with Gasteiger partial charge in [-0.2, -0.15) is 10.5 Å². The predicted octanol–water partition coefficient (Wildman–Crippen LogP) is 6.86. The summed E-state index contributed by atoms with van der Waals surface area (Å²) >= 11 is 0. The maximum atomic E-state index is 13.4. The number of fused-ring (bicyclic) bond motifs is 2. The minimum absolute atomic E-state index is 0.0953. The molecule has 0 bridgehead atoms. The minimum atomic E-state index is -0.670. The summed E-state index contributed by atoms with van der Waals surface area (Å²) in [5.74, 6) is -0.865. The molecule has 6 nitrogen and oxygen atoms in total. The molecule has 0 aliphatic heterocycles. The largest absolute Gasteiger partial charge is 0.461 e. The van der Waals surface area contributed by atoms with Crippen molar-refractivity contribution < 1.29 is 19.1 Å². The Bertz CT molecular complexity index is 1610. The van der Waals surface area contributed by atoms with Crippen LogP contribution in [-0.4, -0.2) is 25.2 Å². The Morgan fingerprint density at radius 3 is 1.81 bits per heavy atom. The first-order valence-corrected chi connectivity index (χ1v) is 15.3. The molecule has 6 heteroatoms. The lowest BCUT2D eigenvalue weighted by Crippen LogP contribution is -2.23. The number of hydrogen-bond acceptors (Lipinski definition) is 6. The molecule has 0 saturated heterocycles. The van der Waals surface area contributed by atoms with Gasteiger partial charge < -0.3 is 9.47 Å². The highest BCUT2D eigenvalue weighted by Crippen LogP contribution is 2.20. The summed E-state index contributed by atoms with van der Waals surface area (Å²) < 4.78 is 11.3. The van der Waals surface area contributed by atoms with Gasteiger partial charge in [-0.3, -0.25) is 0 Å². The first-order valence-electron chi connectivity index (χ1n) is 15.3. The van der Waals surface area contributed by atoms with Gasteiger partial charge >= 0.3 is 11.9 Å². The molecule has 42 heavy (non-hydrogen) atoms.